The third-order valence-corrected chi connectivity index (χ3v) is 3.51. The molecule has 5 nitrogen and oxygen atoms in total. The van der Waals surface area contributed by atoms with Crippen LogP contribution in [0.4, 0.5) is 0 Å². The lowest BCUT2D eigenvalue weighted by molar-refractivity contribution is -0.157. The maximum atomic E-state index is 12.0. The Hall–Kier alpha value is -1.66. The van der Waals surface area contributed by atoms with E-state index in [1.165, 1.54) is 0 Å². The van der Waals surface area contributed by atoms with Crippen LogP contribution in [0.1, 0.15) is 10.4 Å². The van der Waals surface area contributed by atoms with Gasteiger partial charge in [0.25, 0.3) is 11.8 Å². The minimum absolute atomic E-state index is 0.148. The average molecular weight is 279 g/mol. The Morgan fingerprint density at radius 3 is 2.32 bits per heavy atom. The van der Waals surface area contributed by atoms with E-state index in [-0.39, 0.29) is 25.5 Å². The van der Waals surface area contributed by atoms with Crippen molar-refractivity contribution in [3.8, 4) is 0 Å². The SMILES string of the molecule is CSc1ccc(C(=O)CN2C(=O)COCC2=O)cc1. The number of thioether (sulfide) groups is 1. The summed E-state index contributed by atoms with van der Waals surface area (Å²) in [6.07, 6.45) is 1.95. The smallest absolute Gasteiger partial charge is 0.255 e. The van der Waals surface area contributed by atoms with Crippen molar-refractivity contribution in [2.24, 2.45) is 0 Å². The summed E-state index contributed by atoms with van der Waals surface area (Å²) in [4.78, 5) is 37.0. The van der Waals surface area contributed by atoms with Crippen molar-refractivity contribution in [2.45, 2.75) is 4.90 Å². The molecule has 0 aromatic heterocycles. The van der Waals surface area contributed by atoms with Gasteiger partial charge in [0.1, 0.15) is 13.2 Å². The molecule has 0 radical (unpaired) electrons. The number of Topliss-reactive ketones (excluding diaryl/α,β-unsaturated/α-hetero) is 1. The van der Waals surface area contributed by atoms with Gasteiger partial charge >= 0.3 is 0 Å². The van der Waals surface area contributed by atoms with Crippen LogP contribution in [0.5, 0.6) is 0 Å². The van der Waals surface area contributed by atoms with Crippen LogP contribution in [0, 0.1) is 0 Å². The van der Waals surface area contributed by atoms with Crippen LogP contribution in [0.25, 0.3) is 0 Å². The highest BCUT2D eigenvalue weighted by atomic mass is 32.2. The molecule has 1 fully saturated rings. The molecule has 1 aromatic carbocycles. The number of hydrogen-bond donors (Lipinski definition) is 0. The number of imide groups is 1. The maximum Gasteiger partial charge on any atom is 0.255 e. The molecule has 0 N–H and O–H groups in total. The zero-order chi connectivity index (χ0) is 13.8. The molecule has 2 amide bonds. The largest absolute Gasteiger partial charge is 0.362 e. The molecule has 1 saturated heterocycles. The summed E-state index contributed by atoms with van der Waals surface area (Å²) < 4.78 is 4.79. The summed E-state index contributed by atoms with van der Waals surface area (Å²) in [5, 5.41) is 0. The molecule has 19 heavy (non-hydrogen) atoms. The van der Waals surface area contributed by atoms with Crippen LogP contribution in [-0.4, -0.2) is 48.5 Å². The quantitative estimate of drug-likeness (QED) is 0.467. The molecule has 100 valence electrons. The first kappa shape index (κ1) is 13.8. The lowest BCUT2D eigenvalue weighted by Gasteiger charge is -2.24. The monoisotopic (exact) mass is 279 g/mol. The van der Waals surface area contributed by atoms with Crippen molar-refractivity contribution < 1.29 is 19.1 Å². The predicted molar refractivity (Wildman–Crippen MR) is 70.1 cm³/mol. The third-order valence-electron chi connectivity index (χ3n) is 2.77. The fourth-order valence-electron chi connectivity index (χ4n) is 1.71. The second kappa shape index (κ2) is 5.99. The van der Waals surface area contributed by atoms with E-state index in [0.29, 0.717) is 5.56 Å². The van der Waals surface area contributed by atoms with Gasteiger partial charge in [-0.1, -0.05) is 12.1 Å². The number of ketones is 1. The summed E-state index contributed by atoms with van der Waals surface area (Å²) in [6, 6.07) is 7.06. The number of benzene rings is 1. The molecule has 0 unspecified atom stereocenters. The van der Waals surface area contributed by atoms with Gasteiger partial charge in [-0.3, -0.25) is 19.3 Å². The molecule has 0 bridgehead atoms. The number of nitrogens with zero attached hydrogens (tertiary/aromatic N) is 1. The highest BCUT2D eigenvalue weighted by molar-refractivity contribution is 7.98. The van der Waals surface area contributed by atoms with Crippen molar-refractivity contribution in [1.29, 1.82) is 0 Å². The minimum Gasteiger partial charge on any atom is -0.362 e. The van der Waals surface area contributed by atoms with Gasteiger partial charge in [-0.25, -0.2) is 0 Å². The highest BCUT2D eigenvalue weighted by Crippen LogP contribution is 2.15. The van der Waals surface area contributed by atoms with E-state index < -0.39 is 11.8 Å². The Morgan fingerprint density at radius 1 is 1.21 bits per heavy atom. The predicted octanol–water partition coefficient (Wildman–Crippen LogP) is 0.977. The van der Waals surface area contributed by atoms with Crippen molar-refractivity contribution in [3.05, 3.63) is 29.8 Å². The molecular formula is C13H13NO4S. The van der Waals surface area contributed by atoms with Gasteiger partial charge in [-0.2, -0.15) is 0 Å². The highest BCUT2D eigenvalue weighted by Gasteiger charge is 2.28. The molecule has 1 aliphatic heterocycles. The summed E-state index contributed by atoms with van der Waals surface area (Å²) in [5.41, 5.74) is 0.491. The zero-order valence-electron chi connectivity index (χ0n) is 10.4. The number of morpholine rings is 1. The standard InChI is InChI=1S/C13H13NO4S/c1-19-10-4-2-9(3-5-10)11(15)6-14-12(16)7-18-8-13(14)17/h2-5H,6-8H2,1H3. The second-order valence-electron chi connectivity index (χ2n) is 4.02. The molecule has 2 rings (SSSR count). The van der Waals surface area contributed by atoms with Crippen LogP contribution in [0.2, 0.25) is 0 Å². The van der Waals surface area contributed by atoms with Gasteiger partial charge in [0, 0.05) is 10.5 Å². The van der Waals surface area contributed by atoms with Gasteiger partial charge < -0.3 is 4.74 Å². The lowest BCUT2D eigenvalue weighted by Crippen LogP contribution is -2.48. The van der Waals surface area contributed by atoms with Crippen LogP contribution >= 0.6 is 11.8 Å². The molecule has 0 atom stereocenters. The van der Waals surface area contributed by atoms with E-state index in [4.69, 9.17) is 4.74 Å². The van der Waals surface area contributed by atoms with Crippen molar-refractivity contribution in [1.82, 2.24) is 4.90 Å². The summed E-state index contributed by atoms with van der Waals surface area (Å²) in [5.74, 6) is -1.19. The Bertz CT molecular complexity index is 496. The van der Waals surface area contributed by atoms with Gasteiger partial charge in [-0.15, -0.1) is 11.8 Å². The molecule has 1 heterocycles. The number of hydrogen-bond acceptors (Lipinski definition) is 5. The van der Waals surface area contributed by atoms with E-state index in [1.54, 1.807) is 23.9 Å². The Morgan fingerprint density at radius 2 is 1.79 bits per heavy atom. The molecule has 0 aliphatic carbocycles. The van der Waals surface area contributed by atoms with Gasteiger partial charge in [0.2, 0.25) is 0 Å². The maximum absolute atomic E-state index is 12.0. The minimum atomic E-state index is -0.467. The van der Waals surface area contributed by atoms with Gasteiger partial charge in [-0.05, 0) is 18.4 Å². The number of rotatable bonds is 4. The first-order chi connectivity index (χ1) is 9.11. The second-order valence-corrected chi connectivity index (χ2v) is 4.90. The van der Waals surface area contributed by atoms with E-state index >= 15 is 0 Å². The van der Waals surface area contributed by atoms with Crippen molar-refractivity contribution in [2.75, 3.05) is 26.0 Å². The first-order valence-corrected chi connectivity index (χ1v) is 6.92. The molecule has 0 saturated carbocycles. The van der Waals surface area contributed by atoms with E-state index in [1.807, 2.05) is 18.4 Å². The molecule has 0 spiro atoms. The summed E-state index contributed by atoms with van der Waals surface area (Å²) in [7, 11) is 0. The first-order valence-electron chi connectivity index (χ1n) is 5.70. The Balaban J connectivity index is 2.07. The Labute approximate surface area is 114 Å². The van der Waals surface area contributed by atoms with Gasteiger partial charge in [0.15, 0.2) is 5.78 Å². The molecule has 6 heteroatoms. The fourth-order valence-corrected chi connectivity index (χ4v) is 2.12. The van der Waals surface area contributed by atoms with Crippen LogP contribution in [-0.2, 0) is 14.3 Å². The third kappa shape index (κ3) is 3.21. The molecule has 1 aliphatic rings. The van der Waals surface area contributed by atoms with E-state index in [0.717, 1.165) is 9.80 Å². The van der Waals surface area contributed by atoms with Crippen molar-refractivity contribution >= 4 is 29.4 Å². The van der Waals surface area contributed by atoms with E-state index in [2.05, 4.69) is 0 Å². The lowest BCUT2D eigenvalue weighted by atomic mass is 10.1. The van der Waals surface area contributed by atoms with Crippen LogP contribution < -0.4 is 0 Å². The topological polar surface area (TPSA) is 63.7 Å². The normalized spacial score (nSPS) is 15.7. The zero-order valence-corrected chi connectivity index (χ0v) is 11.2. The number of carbonyl (C=O) groups is 3. The Kier molecular flexibility index (Phi) is 4.34. The molecular weight excluding hydrogens is 266 g/mol. The summed E-state index contributed by atoms with van der Waals surface area (Å²) >= 11 is 1.58. The van der Waals surface area contributed by atoms with Gasteiger partial charge in [0.05, 0.1) is 6.54 Å². The number of ether oxygens (including phenoxy) is 1. The average Bonchev–Trinajstić information content (AvgIpc) is 2.43. The molecule has 1 aromatic rings. The van der Waals surface area contributed by atoms with E-state index in [9.17, 15) is 14.4 Å². The van der Waals surface area contributed by atoms with Crippen LogP contribution in [0.15, 0.2) is 29.2 Å². The van der Waals surface area contributed by atoms with Crippen molar-refractivity contribution in [3.63, 3.8) is 0 Å². The van der Waals surface area contributed by atoms with Crippen LogP contribution in [0.3, 0.4) is 0 Å². The summed E-state index contributed by atoms with van der Waals surface area (Å²) in [6.45, 7) is -0.519. The fraction of sp³-hybridized carbons (Fsp3) is 0.308. The number of carbonyl (C=O) groups excluding carboxylic acids is 3. The number of amides is 2.